The van der Waals surface area contributed by atoms with Crippen molar-refractivity contribution in [2.75, 3.05) is 24.6 Å². The number of hydrogen-bond donors (Lipinski definition) is 1. The van der Waals surface area contributed by atoms with Crippen molar-refractivity contribution in [3.63, 3.8) is 0 Å². The van der Waals surface area contributed by atoms with Crippen LogP contribution in [0.25, 0.3) is 5.57 Å². The smallest absolute Gasteiger partial charge is 0.282 e. The van der Waals surface area contributed by atoms with E-state index in [1.807, 2.05) is 36.3 Å². The number of rotatable bonds is 6. The van der Waals surface area contributed by atoms with Crippen LogP contribution in [0.15, 0.2) is 47.5 Å². The lowest BCUT2D eigenvalue weighted by molar-refractivity contribution is -0.120. The minimum absolute atomic E-state index is 0.0446. The van der Waals surface area contributed by atoms with Gasteiger partial charge in [0.25, 0.3) is 11.8 Å². The standard InChI is InChI=1S/C23H26N2O4S/c1-15(2)29-18-9-7-17(8-10-18)25-22(27)20(19-6-4-12-30-19)21(23(25)28)24-11-3-5-16(13-24)14-26/h4,6-10,12,15-16,26H,3,5,11,13-14H2,1-2H3. The first-order chi connectivity index (χ1) is 14.5. The molecule has 30 heavy (non-hydrogen) atoms. The normalized spacial score (nSPS) is 19.9. The number of anilines is 1. The summed E-state index contributed by atoms with van der Waals surface area (Å²) in [5, 5.41) is 11.5. The van der Waals surface area contributed by atoms with Crippen molar-refractivity contribution in [3.8, 4) is 5.75 Å². The largest absolute Gasteiger partial charge is 0.491 e. The molecule has 3 heterocycles. The zero-order valence-corrected chi connectivity index (χ0v) is 18.0. The van der Waals surface area contributed by atoms with Gasteiger partial charge in [0.1, 0.15) is 11.4 Å². The Balaban J connectivity index is 1.70. The highest BCUT2D eigenvalue weighted by Crippen LogP contribution is 2.38. The third-order valence-corrected chi connectivity index (χ3v) is 6.27. The van der Waals surface area contributed by atoms with Crippen molar-refractivity contribution >= 4 is 34.4 Å². The van der Waals surface area contributed by atoms with Crippen molar-refractivity contribution in [2.24, 2.45) is 5.92 Å². The summed E-state index contributed by atoms with van der Waals surface area (Å²) in [6.07, 6.45) is 1.86. The second kappa shape index (κ2) is 8.62. The molecule has 2 aromatic rings. The summed E-state index contributed by atoms with van der Waals surface area (Å²) in [6.45, 7) is 5.26. The van der Waals surface area contributed by atoms with Crippen molar-refractivity contribution in [1.29, 1.82) is 0 Å². The molecule has 6 nitrogen and oxygen atoms in total. The monoisotopic (exact) mass is 426 g/mol. The van der Waals surface area contributed by atoms with Gasteiger partial charge in [-0.25, -0.2) is 4.90 Å². The molecule has 0 radical (unpaired) electrons. The van der Waals surface area contributed by atoms with Gasteiger partial charge in [0.2, 0.25) is 0 Å². The van der Waals surface area contributed by atoms with Crippen LogP contribution in [0, 0.1) is 5.92 Å². The third-order valence-electron chi connectivity index (χ3n) is 5.39. The number of carbonyl (C=O) groups is 2. The van der Waals surface area contributed by atoms with Crippen LogP contribution in [0.5, 0.6) is 5.75 Å². The van der Waals surface area contributed by atoms with E-state index in [4.69, 9.17) is 4.74 Å². The molecular formula is C23H26N2O4S. The molecule has 0 saturated carbocycles. The van der Waals surface area contributed by atoms with Gasteiger partial charge in [-0.3, -0.25) is 9.59 Å². The Morgan fingerprint density at radius 1 is 1.17 bits per heavy atom. The van der Waals surface area contributed by atoms with E-state index in [1.165, 1.54) is 16.2 Å². The molecule has 1 aromatic heterocycles. The van der Waals surface area contributed by atoms with Gasteiger partial charge in [0.05, 0.1) is 17.4 Å². The fraction of sp³-hybridized carbons (Fsp3) is 0.391. The molecule has 0 spiro atoms. The fourth-order valence-corrected chi connectivity index (χ4v) is 4.81. The lowest BCUT2D eigenvalue weighted by Crippen LogP contribution is -2.40. The highest BCUT2D eigenvalue weighted by molar-refractivity contribution is 7.11. The Hall–Kier alpha value is -2.64. The van der Waals surface area contributed by atoms with Gasteiger partial charge in [-0.15, -0.1) is 11.3 Å². The van der Waals surface area contributed by atoms with Crippen LogP contribution in [-0.2, 0) is 9.59 Å². The van der Waals surface area contributed by atoms with Crippen LogP contribution >= 0.6 is 11.3 Å². The number of aliphatic hydroxyl groups is 1. The van der Waals surface area contributed by atoms with Crippen molar-refractivity contribution in [1.82, 2.24) is 4.90 Å². The SMILES string of the molecule is CC(C)Oc1ccc(N2C(=O)C(c3cccs3)=C(N3CCCC(CO)C3)C2=O)cc1. The maximum atomic E-state index is 13.5. The van der Waals surface area contributed by atoms with Crippen LogP contribution in [0.2, 0.25) is 0 Å². The summed E-state index contributed by atoms with van der Waals surface area (Å²) in [6, 6.07) is 10.8. The molecule has 2 aliphatic heterocycles. The van der Waals surface area contributed by atoms with E-state index in [-0.39, 0.29) is 30.4 Å². The summed E-state index contributed by atoms with van der Waals surface area (Å²) in [5.41, 5.74) is 1.43. The van der Waals surface area contributed by atoms with Gasteiger partial charge in [0.15, 0.2) is 0 Å². The predicted octanol–water partition coefficient (Wildman–Crippen LogP) is 3.52. The third kappa shape index (κ3) is 3.87. The number of piperidine rings is 1. The van der Waals surface area contributed by atoms with E-state index in [2.05, 4.69) is 0 Å². The summed E-state index contributed by atoms with van der Waals surface area (Å²) >= 11 is 1.45. The first-order valence-electron chi connectivity index (χ1n) is 10.3. The Morgan fingerprint density at radius 2 is 1.93 bits per heavy atom. The summed E-state index contributed by atoms with van der Waals surface area (Å²) in [7, 11) is 0. The van der Waals surface area contributed by atoms with Crippen LogP contribution in [0.4, 0.5) is 5.69 Å². The molecule has 0 aliphatic carbocycles. The zero-order chi connectivity index (χ0) is 21.3. The first kappa shape index (κ1) is 20.6. The topological polar surface area (TPSA) is 70.1 Å². The van der Waals surface area contributed by atoms with Crippen molar-refractivity contribution < 1.29 is 19.4 Å². The number of imide groups is 1. The molecule has 2 aliphatic rings. The number of likely N-dealkylation sites (tertiary alicyclic amines) is 1. The Labute approximate surface area is 180 Å². The Kier molecular flexibility index (Phi) is 5.92. The van der Waals surface area contributed by atoms with Crippen molar-refractivity contribution in [3.05, 3.63) is 52.4 Å². The minimum Gasteiger partial charge on any atom is -0.491 e. The molecule has 2 amide bonds. The lowest BCUT2D eigenvalue weighted by atomic mass is 9.98. The number of aliphatic hydroxyl groups excluding tert-OH is 1. The molecule has 1 fully saturated rings. The zero-order valence-electron chi connectivity index (χ0n) is 17.2. The number of thiophene rings is 1. The highest BCUT2D eigenvalue weighted by Gasteiger charge is 2.43. The van der Waals surface area contributed by atoms with Gasteiger partial charge in [-0.2, -0.15) is 0 Å². The van der Waals surface area contributed by atoms with Crippen LogP contribution in [0.1, 0.15) is 31.6 Å². The average molecular weight is 427 g/mol. The Morgan fingerprint density at radius 3 is 2.57 bits per heavy atom. The first-order valence-corrected chi connectivity index (χ1v) is 11.2. The van der Waals surface area contributed by atoms with Gasteiger partial charge in [0, 0.05) is 24.6 Å². The van der Waals surface area contributed by atoms with E-state index in [9.17, 15) is 14.7 Å². The molecular weight excluding hydrogens is 400 g/mol. The average Bonchev–Trinajstić information content (AvgIpc) is 3.34. The van der Waals surface area contributed by atoms with E-state index in [0.29, 0.717) is 35.8 Å². The van der Waals surface area contributed by atoms with Gasteiger partial charge in [-0.05, 0) is 68.3 Å². The van der Waals surface area contributed by atoms with Crippen LogP contribution < -0.4 is 9.64 Å². The molecule has 1 unspecified atom stereocenters. The molecule has 1 N–H and O–H groups in total. The predicted molar refractivity (Wildman–Crippen MR) is 117 cm³/mol. The minimum atomic E-state index is -0.306. The number of ether oxygens (including phenoxy) is 1. The summed E-state index contributed by atoms with van der Waals surface area (Å²) in [4.78, 5) is 31.0. The molecule has 1 aromatic carbocycles. The quantitative estimate of drug-likeness (QED) is 0.716. The highest BCUT2D eigenvalue weighted by atomic mass is 32.1. The molecule has 7 heteroatoms. The van der Waals surface area contributed by atoms with Crippen LogP contribution in [0.3, 0.4) is 0 Å². The molecule has 0 bridgehead atoms. The summed E-state index contributed by atoms with van der Waals surface area (Å²) in [5.74, 6) is 0.196. The maximum absolute atomic E-state index is 13.5. The maximum Gasteiger partial charge on any atom is 0.282 e. The molecule has 1 saturated heterocycles. The van der Waals surface area contributed by atoms with Gasteiger partial charge >= 0.3 is 0 Å². The van der Waals surface area contributed by atoms with Crippen LogP contribution in [-0.4, -0.2) is 47.6 Å². The van der Waals surface area contributed by atoms with Crippen molar-refractivity contribution in [2.45, 2.75) is 32.8 Å². The second-order valence-corrected chi connectivity index (χ2v) is 8.89. The molecule has 1 atom stereocenters. The van der Waals surface area contributed by atoms with Gasteiger partial charge in [-0.1, -0.05) is 6.07 Å². The number of nitrogens with zero attached hydrogens (tertiary/aromatic N) is 2. The van der Waals surface area contributed by atoms with E-state index < -0.39 is 0 Å². The number of carbonyl (C=O) groups excluding carboxylic acids is 2. The number of benzene rings is 1. The van der Waals surface area contributed by atoms with E-state index in [0.717, 1.165) is 17.7 Å². The van der Waals surface area contributed by atoms with Gasteiger partial charge < -0.3 is 14.7 Å². The second-order valence-electron chi connectivity index (χ2n) is 7.94. The summed E-state index contributed by atoms with van der Waals surface area (Å²) < 4.78 is 5.68. The number of amides is 2. The molecule has 4 rings (SSSR count). The lowest BCUT2D eigenvalue weighted by Gasteiger charge is -2.34. The van der Waals surface area contributed by atoms with E-state index >= 15 is 0 Å². The fourth-order valence-electron chi connectivity index (χ4n) is 4.05. The Bertz CT molecular complexity index is 950. The molecule has 158 valence electrons. The number of hydrogen-bond acceptors (Lipinski definition) is 6. The van der Waals surface area contributed by atoms with E-state index in [1.54, 1.807) is 24.3 Å².